The number of benzene rings is 2. The summed E-state index contributed by atoms with van der Waals surface area (Å²) in [7, 11) is 1.67. The Hall–Kier alpha value is -1.84. The van der Waals surface area contributed by atoms with E-state index in [4.69, 9.17) is 4.74 Å². The van der Waals surface area contributed by atoms with Gasteiger partial charge in [0.05, 0.1) is 13.2 Å². The molecule has 2 aromatic rings. The summed E-state index contributed by atoms with van der Waals surface area (Å²) in [6.45, 7) is 3.20. The highest BCUT2D eigenvalue weighted by molar-refractivity contribution is 5.33. The number of para-hydroxylation sites is 1. The van der Waals surface area contributed by atoms with E-state index in [1.807, 2.05) is 55.5 Å². The number of rotatable bonds is 6. The quantitative estimate of drug-likeness (QED) is 0.849. The average molecular weight is 271 g/mol. The van der Waals surface area contributed by atoms with Gasteiger partial charge in [-0.1, -0.05) is 42.5 Å². The number of methoxy groups -OCH3 is 1. The molecule has 20 heavy (non-hydrogen) atoms. The Bertz CT molecular complexity index is 554. The SMILES string of the molecule is COc1ccccc1CNCC(O)c1ccccc1C. The van der Waals surface area contributed by atoms with Crippen LogP contribution < -0.4 is 10.1 Å². The first kappa shape index (κ1) is 14.6. The van der Waals surface area contributed by atoms with Gasteiger partial charge in [-0.25, -0.2) is 0 Å². The smallest absolute Gasteiger partial charge is 0.123 e. The van der Waals surface area contributed by atoms with E-state index >= 15 is 0 Å². The van der Waals surface area contributed by atoms with Crippen LogP contribution in [0.5, 0.6) is 5.75 Å². The van der Waals surface area contributed by atoms with Gasteiger partial charge in [-0.15, -0.1) is 0 Å². The molecule has 106 valence electrons. The third kappa shape index (κ3) is 3.59. The summed E-state index contributed by atoms with van der Waals surface area (Å²) >= 11 is 0. The van der Waals surface area contributed by atoms with Crippen LogP contribution in [0, 0.1) is 6.92 Å². The molecular weight excluding hydrogens is 250 g/mol. The summed E-state index contributed by atoms with van der Waals surface area (Å²) in [5.74, 6) is 0.866. The normalized spacial score (nSPS) is 12.2. The van der Waals surface area contributed by atoms with Gasteiger partial charge < -0.3 is 15.2 Å². The van der Waals surface area contributed by atoms with Gasteiger partial charge in [0.1, 0.15) is 5.75 Å². The first-order valence-electron chi connectivity index (χ1n) is 6.78. The van der Waals surface area contributed by atoms with Gasteiger partial charge in [0, 0.05) is 18.7 Å². The number of nitrogens with one attached hydrogen (secondary N) is 1. The maximum atomic E-state index is 10.2. The summed E-state index contributed by atoms with van der Waals surface area (Å²) < 4.78 is 5.30. The van der Waals surface area contributed by atoms with E-state index < -0.39 is 6.10 Å². The predicted molar refractivity (Wildman–Crippen MR) is 80.8 cm³/mol. The molecule has 2 aromatic carbocycles. The molecule has 0 fully saturated rings. The van der Waals surface area contributed by atoms with Crippen LogP contribution in [0.15, 0.2) is 48.5 Å². The minimum Gasteiger partial charge on any atom is -0.496 e. The molecule has 2 N–H and O–H groups in total. The minimum absolute atomic E-state index is 0.495. The molecule has 2 rings (SSSR count). The summed E-state index contributed by atoms with van der Waals surface area (Å²) in [5, 5.41) is 13.5. The molecule has 0 saturated carbocycles. The van der Waals surface area contributed by atoms with E-state index in [2.05, 4.69) is 5.32 Å². The third-order valence-electron chi connectivity index (χ3n) is 3.39. The van der Waals surface area contributed by atoms with Crippen molar-refractivity contribution < 1.29 is 9.84 Å². The lowest BCUT2D eigenvalue weighted by Crippen LogP contribution is -2.21. The fraction of sp³-hybridized carbons (Fsp3) is 0.294. The van der Waals surface area contributed by atoms with Crippen molar-refractivity contribution in [3.63, 3.8) is 0 Å². The Morgan fingerprint density at radius 1 is 1.10 bits per heavy atom. The first-order valence-corrected chi connectivity index (χ1v) is 6.78. The Labute approximate surface area is 120 Å². The van der Waals surface area contributed by atoms with Crippen LogP contribution in [0.3, 0.4) is 0 Å². The van der Waals surface area contributed by atoms with E-state index in [0.717, 1.165) is 22.4 Å². The number of aryl methyl sites for hydroxylation is 1. The fourth-order valence-corrected chi connectivity index (χ4v) is 2.26. The zero-order valence-electron chi connectivity index (χ0n) is 12.0. The van der Waals surface area contributed by atoms with E-state index in [-0.39, 0.29) is 0 Å². The second kappa shape index (κ2) is 7.08. The van der Waals surface area contributed by atoms with E-state index in [9.17, 15) is 5.11 Å². The molecule has 1 atom stereocenters. The third-order valence-corrected chi connectivity index (χ3v) is 3.39. The fourth-order valence-electron chi connectivity index (χ4n) is 2.26. The molecule has 0 aliphatic rings. The number of hydrogen-bond acceptors (Lipinski definition) is 3. The van der Waals surface area contributed by atoms with Crippen molar-refractivity contribution in [1.82, 2.24) is 5.32 Å². The Morgan fingerprint density at radius 3 is 2.55 bits per heavy atom. The number of hydrogen-bond donors (Lipinski definition) is 2. The van der Waals surface area contributed by atoms with Gasteiger partial charge in [0.2, 0.25) is 0 Å². The molecule has 0 aromatic heterocycles. The maximum absolute atomic E-state index is 10.2. The number of aliphatic hydroxyl groups excluding tert-OH is 1. The lowest BCUT2D eigenvalue weighted by atomic mass is 10.0. The molecule has 0 saturated heterocycles. The standard InChI is InChI=1S/C17H21NO2/c1-13-7-3-5-9-15(13)16(19)12-18-11-14-8-4-6-10-17(14)20-2/h3-10,16,18-19H,11-12H2,1-2H3. The van der Waals surface area contributed by atoms with E-state index in [0.29, 0.717) is 13.1 Å². The Morgan fingerprint density at radius 2 is 1.80 bits per heavy atom. The first-order chi connectivity index (χ1) is 9.72. The molecule has 0 heterocycles. The summed E-state index contributed by atoms with van der Waals surface area (Å²) in [6, 6.07) is 15.8. The number of aliphatic hydroxyl groups is 1. The van der Waals surface area contributed by atoms with Gasteiger partial charge >= 0.3 is 0 Å². The van der Waals surface area contributed by atoms with Crippen LogP contribution in [0.25, 0.3) is 0 Å². The second-order valence-electron chi connectivity index (χ2n) is 4.82. The minimum atomic E-state index is -0.495. The van der Waals surface area contributed by atoms with Crippen LogP contribution in [0.1, 0.15) is 22.8 Å². The van der Waals surface area contributed by atoms with Crippen LogP contribution in [-0.4, -0.2) is 18.8 Å². The van der Waals surface area contributed by atoms with Gasteiger partial charge in [0.25, 0.3) is 0 Å². The lowest BCUT2D eigenvalue weighted by Gasteiger charge is -2.15. The predicted octanol–water partition coefficient (Wildman–Crippen LogP) is 2.83. The van der Waals surface area contributed by atoms with Crippen LogP contribution in [-0.2, 0) is 6.54 Å². The summed E-state index contributed by atoms with van der Waals surface area (Å²) in [5.41, 5.74) is 3.17. The van der Waals surface area contributed by atoms with Crippen molar-refractivity contribution in [2.45, 2.75) is 19.6 Å². The average Bonchev–Trinajstić information content (AvgIpc) is 2.48. The highest BCUT2D eigenvalue weighted by atomic mass is 16.5. The van der Waals surface area contributed by atoms with Crippen molar-refractivity contribution in [2.24, 2.45) is 0 Å². The van der Waals surface area contributed by atoms with Crippen molar-refractivity contribution in [1.29, 1.82) is 0 Å². The van der Waals surface area contributed by atoms with Crippen LogP contribution in [0.4, 0.5) is 0 Å². The van der Waals surface area contributed by atoms with Gasteiger partial charge in [-0.05, 0) is 24.1 Å². The Balaban J connectivity index is 1.91. The second-order valence-corrected chi connectivity index (χ2v) is 4.82. The van der Waals surface area contributed by atoms with E-state index in [1.54, 1.807) is 7.11 Å². The lowest BCUT2D eigenvalue weighted by molar-refractivity contribution is 0.173. The molecule has 0 aliphatic carbocycles. The molecule has 1 unspecified atom stereocenters. The zero-order chi connectivity index (χ0) is 14.4. The largest absolute Gasteiger partial charge is 0.496 e. The molecule has 3 heteroatoms. The number of ether oxygens (including phenoxy) is 1. The van der Waals surface area contributed by atoms with Crippen molar-refractivity contribution >= 4 is 0 Å². The Kier molecular flexibility index (Phi) is 5.16. The van der Waals surface area contributed by atoms with Crippen molar-refractivity contribution in [3.8, 4) is 5.75 Å². The summed E-state index contributed by atoms with van der Waals surface area (Å²) in [6.07, 6.45) is -0.495. The molecule has 0 amide bonds. The molecule has 0 aliphatic heterocycles. The van der Waals surface area contributed by atoms with Crippen molar-refractivity contribution in [3.05, 3.63) is 65.2 Å². The van der Waals surface area contributed by atoms with Crippen LogP contribution in [0.2, 0.25) is 0 Å². The maximum Gasteiger partial charge on any atom is 0.123 e. The zero-order valence-corrected chi connectivity index (χ0v) is 12.0. The molecule has 0 spiro atoms. The van der Waals surface area contributed by atoms with E-state index in [1.165, 1.54) is 0 Å². The summed E-state index contributed by atoms with van der Waals surface area (Å²) in [4.78, 5) is 0. The van der Waals surface area contributed by atoms with Gasteiger partial charge in [0.15, 0.2) is 0 Å². The highest BCUT2D eigenvalue weighted by Crippen LogP contribution is 2.18. The molecule has 0 radical (unpaired) electrons. The topological polar surface area (TPSA) is 41.5 Å². The highest BCUT2D eigenvalue weighted by Gasteiger charge is 2.09. The van der Waals surface area contributed by atoms with Crippen LogP contribution >= 0.6 is 0 Å². The molecule has 3 nitrogen and oxygen atoms in total. The van der Waals surface area contributed by atoms with Crippen molar-refractivity contribution in [2.75, 3.05) is 13.7 Å². The molecule has 0 bridgehead atoms. The monoisotopic (exact) mass is 271 g/mol. The van der Waals surface area contributed by atoms with Gasteiger partial charge in [-0.3, -0.25) is 0 Å². The van der Waals surface area contributed by atoms with Gasteiger partial charge in [-0.2, -0.15) is 0 Å². The molecular formula is C17H21NO2.